The fraction of sp³-hybridized carbons (Fsp3) is 0.923. The van der Waals surface area contributed by atoms with E-state index in [1.165, 1.54) is 9.80 Å². The Morgan fingerprint density at radius 1 is 0.622 bits per heavy atom. The van der Waals surface area contributed by atoms with Crippen molar-refractivity contribution in [2.24, 2.45) is 0 Å². The molecule has 4 amide bonds. The van der Waals surface area contributed by atoms with Crippen LogP contribution in [0.3, 0.4) is 0 Å². The Morgan fingerprint density at radius 2 is 1.16 bits per heavy atom. The lowest BCUT2D eigenvalue weighted by Crippen LogP contribution is -2.67. The molecule has 4 unspecified atom stereocenters. The minimum absolute atomic E-state index is 0.131. The fourth-order valence-electron chi connectivity index (χ4n) is 5.21. The first kappa shape index (κ1) is 35.9. The van der Waals surface area contributed by atoms with E-state index in [-0.39, 0.29) is 85.6 Å². The highest BCUT2D eigenvalue weighted by atomic mass is 16.7. The highest BCUT2D eigenvalue weighted by Crippen LogP contribution is 2.29. The van der Waals surface area contributed by atoms with Crippen molar-refractivity contribution in [3.8, 4) is 0 Å². The molecule has 8 N–H and O–H groups in total. The molecule has 7 fully saturated rings. The van der Waals surface area contributed by atoms with Gasteiger partial charge in [-0.1, -0.05) is 0 Å². The number of rotatable bonds is 1. The highest BCUT2D eigenvalue weighted by molar-refractivity contribution is 5.74. The smallest absolute Gasteiger partial charge is 0.319 e. The van der Waals surface area contributed by atoms with E-state index in [1.807, 2.05) is 0 Å². The molecular formula is C26H46N4O15. The normalized spacial score (nSPS) is 39.3. The zero-order valence-electron chi connectivity index (χ0n) is 24.9. The molecule has 45 heavy (non-hydrogen) atoms. The topological polar surface area (TPSA) is 251 Å². The van der Waals surface area contributed by atoms with Crippen molar-refractivity contribution >= 4 is 12.1 Å². The predicted octanol–water partition coefficient (Wildman–Crippen LogP) is -5.26. The van der Waals surface area contributed by atoms with Gasteiger partial charge in [0.05, 0.1) is 59.5 Å². The van der Waals surface area contributed by atoms with Crippen LogP contribution in [0.15, 0.2) is 0 Å². The summed E-state index contributed by atoms with van der Waals surface area (Å²) in [6, 6.07) is -1.21. The number of urea groups is 2. The third kappa shape index (κ3) is 9.76. The van der Waals surface area contributed by atoms with Gasteiger partial charge in [0.25, 0.3) is 0 Å². The lowest BCUT2D eigenvalue weighted by Gasteiger charge is -2.46. The molecule has 7 rings (SSSR count). The first-order valence-corrected chi connectivity index (χ1v) is 15.1. The molecule has 0 aromatic rings. The van der Waals surface area contributed by atoms with E-state index in [4.69, 9.17) is 33.2 Å². The summed E-state index contributed by atoms with van der Waals surface area (Å²) in [5, 5.41) is 68.7. The lowest BCUT2D eigenvalue weighted by molar-refractivity contribution is -0.339. The number of carbonyl (C=O) groups excluding carboxylic acids is 2. The van der Waals surface area contributed by atoms with E-state index in [9.17, 15) is 40.2 Å². The second kappa shape index (κ2) is 17.8. The average Bonchev–Trinajstić information content (AvgIpc) is 3.03. The molecule has 19 nitrogen and oxygen atoms in total. The van der Waals surface area contributed by atoms with Crippen molar-refractivity contribution in [1.29, 1.82) is 0 Å². The maximum Gasteiger partial charge on any atom is 0.319 e. The summed E-state index contributed by atoms with van der Waals surface area (Å²) in [6.45, 7) is 1.08. The summed E-state index contributed by atoms with van der Waals surface area (Å²) in [7, 11) is 0. The molecule has 0 spiro atoms. The van der Waals surface area contributed by atoms with Crippen molar-refractivity contribution in [2.45, 2.75) is 61.3 Å². The van der Waals surface area contributed by atoms with Crippen LogP contribution in [0, 0.1) is 0 Å². The number of carbonyl (C=O) groups is 2. The molecule has 6 bridgehead atoms. The summed E-state index contributed by atoms with van der Waals surface area (Å²) in [4.78, 5) is 29.1. The number of ether oxygens (including phenoxy) is 7. The quantitative estimate of drug-likeness (QED) is 0.132. The zero-order valence-corrected chi connectivity index (χ0v) is 24.9. The van der Waals surface area contributed by atoms with Gasteiger partial charge in [0.15, 0.2) is 12.5 Å². The van der Waals surface area contributed by atoms with Crippen LogP contribution in [0.4, 0.5) is 9.59 Å². The third-order valence-corrected chi connectivity index (χ3v) is 7.89. The van der Waals surface area contributed by atoms with Gasteiger partial charge in [-0.2, -0.15) is 0 Å². The number of nitrogens with one attached hydrogen (secondary N) is 2. The van der Waals surface area contributed by atoms with Gasteiger partial charge in [0, 0.05) is 32.7 Å². The average molecular weight is 655 g/mol. The molecule has 19 heteroatoms. The van der Waals surface area contributed by atoms with Crippen LogP contribution in [-0.2, 0) is 33.2 Å². The summed E-state index contributed by atoms with van der Waals surface area (Å²) in [5.41, 5.74) is 0. The Morgan fingerprint density at radius 3 is 1.69 bits per heavy atom. The molecule has 7 aliphatic heterocycles. The van der Waals surface area contributed by atoms with Gasteiger partial charge in [-0.25, -0.2) is 9.59 Å². The van der Waals surface area contributed by atoms with Gasteiger partial charge in [-0.15, -0.1) is 0 Å². The monoisotopic (exact) mass is 654 g/mol. The van der Waals surface area contributed by atoms with Gasteiger partial charge in [0.2, 0.25) is 0 Å². The van der Waals surface area contributed by atoms with Gasteiger partial charge < -0.3 is 84.2 Å². The minimum Gasteiger partial charge on any atom is -0.394 e. The first-order chi connectivity index (χ1) is 21.7. The Bertz CT molecular complexity index is 902. The summed E-state index contributed by atoms with van der Waals surface area (Å²) >= 11 is 0. The van der Waals surface area contributed by atoms with Gasteiger partial charge in [0.1, 0.15) is 48.8 Å². The van der Waals surface area contributed by atoms with E-state index >= 15 is 0 Å². The van der Waals surface area contributed by atoms with Crippen molar-refractivity contribution < 1.29 is 73.4 Å². The number of hydrogen-bond donors (Lipinski definition) is 8. The molecular weight excluding hydrogens is 608 g/mol. The summed E-state index contributed by atoms with van der Waals surface area (Å²) < 4.78 is 39.5. The number of nitrogens with zero attached hydrogens (tertiary/aromatic N) is 2. The molecule has 7 aliphatic rings. The SMILES string of the molecule is O=C1NC[C@@H]2O[C@@H](O[C@H]3C(O)C(O)[C@H](NC(=O)N4CCOCCOCCN1CCOCCOCC4)O[C@H]3CO)C(O)C(O)[C@@H]2O. The molecule has 0 aromatic heterocycles. The fourth-order valence-corrected chi connectivity index (χ4v) is 5.21. The molecule has 0 saturated carbocycles. The number of amides is 4. The molecule has 0 aliphatic carbocycles. The van der Waals surface area contributed by atoms with Crippen LogP contribution in [0.5, 0.6) is 0 Å². The van der Waals surface area contributed by atoms with Crippen LogP contribution < -0.4 is 10.6 Å². The minimum atomic E-state index is -1.82. The summed E-state index contributed by atoms with van der Waals surface area (Å²) in [5.74, 6) is 0. The Balaban J connectivity index is 1.59. The second-order valence-corrected chi connectivity index (χ2v) is 10.9. The molecule has 7 saturated heterocycles. The molecule has 0 aromatic carbocycles. The second-order valence-electron chi connectivity index (χ2n) is 10.9. The van der Waals surface area contributed by atoms with Crippen LogP contribution in [0.1, 0.15) is 0 Å². The van der Waals surface area contributed by atoms with E-state index < -0.39 is 80.0 Å². The van der Waals surface area contributed by atoms with Crippen LogP contribution in [0.2, 0.25) is 0 Å². The maximum atomic E-state index is 13.2. The Labute approximate surface area is 259 Å². The van der Waals surface area contributed by atoms with Gasteiger partial charge >= 0.3 is 12.1 Å². The van der Waals surface area contributed by atoms with Gasteiger partial charge in [-0.05, 0) is 0 Å². The molecule has 260 valence electrons. The number of aliphatic hydroxyl groups excluding tert-OH is 6. The van der Waals surface area contributed by atoms with Crippen LogP contribution >= 0.6 is 0 Å². The highest BCUT2D eigenvalue weighted by Gasteiger charge is 2.51. The molecule has 7 heterocycles. The largest absolute Gasteiger partial charge is 0.394 e. The maximum absolute atomic E-state index is 13.2. The van der Waals surface area contributed by atoms with E-state index in [0.29, 0.717) is 0 Å². The standard InChI is InChI=1S/C26H46N4O15/c31-14-16-22-19(34)20(35)23(43-16)28-26(38)30-3-7-41-11-9-39-5-1-29(2-6-40-10-12-42-8-4-30)25(37)27-13-15-17(32)18(33)21(36)24(44-15)45-22/h15-24,31-36H,1-14H2,(H,27,37)(H,28,38)/t15-,16-,17+,18?,19?,20?,21?,22+,23+,24-/m0/s1. The van der Waals surface area contributed by atoms with E-state index in [0.717, 1.165) is 0 Å². The van der Waals surface area contributed by atoms with Crippen molar-refractivity contribution in [2.75, 3.05) is 92.2 Å². The Kier molecular flexibility index (Phi) is 14.2. The van der Waals surface area contributed by atoms with E-state index in [2.05, 4.69) is 10.6 Å². The summed E-state index contributed by atoms with van der Waals surface area (Å²) in [6.07, 6.45) is -16.0. The van der Waals surface area contributed by atoms with Crippen LogP contribution in [-0.4, -0.2) is 206 Å². The molecule has 0 radical (unpaired) electrons. The van der Waals surface area contributed by atoms with Crippen molar-refractivity contribution in [1.82, 2.24) is 20.4 Å². The third-order valence-electron chi connectivity index (χ3n) is 7.89. The predicted molar refractivity (Wildman–Crippen MR) is 148 cm³/mol. The number of aliphatic hydroxyl groups is 6. The Hall–Kier alpha value is -1.98. The number of hydrogen-bond acceptors (Lipinski definition) is 15. The van der Waals surface area contributed by atoms with E-state index in [1.54, 1.807) is 0 Å². The zero-order chi connectivity index (χ0) is 32.3. The van der Waals surface area contributed by atoms with Crippen molar-refractivity contribution in [3.63, 3.8) is 0 Å². The molecule has 10 atom stereocenters. The van der Waals surface area contributed by atoms with Gasteiger partial charge in [-0.3, -0.25) is 0 Å². The lowest BCUT2D eigenvalue weighted by atomic mass is 9.96. The van der Waals surface area contributed by atoms with Crippen LogP contribution in [0.25, 0.3) is 0 Å². The van der Waals surface area contributed by atoms with Crippen molar-refractivity contribution in [3.05, 3.63) is 0 Å². The first-order valence-electron chi connectivity index (χ1n) is 15.1.